The Kier molecular flexibility index (Phi) is 6.38. The van der Waals surface area contributed by atoms with E-state index in [4.69, 9.17) is 0 Å². The molecule has 1 amide bonds. The van der Waals surface area contributed by atoms with Crippen LogP contribution in [-0.2, 0) is 30.8 Å². The standard InChI is InChI=1S/C26H26N6O3/c33-23(18-32-24(34)13-15-30(26(32)35)17-19-8-3-1-4-9-19)27-21-11-7-10-20(16-21)25-29-28-22-12-5-2-6-14-31(22)25/h1,3-4,7-11,13,15-16H,2,5-6,12,14,17-18H2,(H,27,33). The first kappa shape index (κ1) is 22.5. The van der Waals surface area contributed by atoms with Gasteiger partial charge < -0.3 is 9.88 Å². The molecule has 0 saturated carbocycles. The molecule has 2 aromatic carbocycles. The number of carbonyl (C=O) groups is 1. The summed E-state index contributed by atoms with van der Waals surface area (Å²) in [7, 11) is 0. The van der Waals surface area contributed by atoms with E-state index in [9.17, 15) is 14.4 Å². The van der Waals surface area contributed by atoms with Crippen LogP contribution in [0.4, 0.5) is 5.69 Å². The Morgan fingerprint density at radius 3 is 2.66 bits per heavy atom. The molecule has 1 aliphatic heterocycles. The van der Waals surface area contributed by atoms with Gasteiger partial charge >= 0.3 is 5.69 Å². The molecule has 9 heteroatoms. The van der Waals surface area contributed by atoms with Crippen molar-refractivity contribution in [3.05, 3.63) is 99.1 Å². The molecule has 0 aliphatic carbocycles. The van der Waals surface area contributed by atoms with Crippen molar-refractivity contribution in [3.63, 3.8) is 0 Å². The van der Waals surface area contributed by atoms with Gasteiger partial charge in [-0.1, -0.05) is 48.9 Å². The van der Waals surface area contributed by atoms with Crippen LogP contribution in [0.15, 0.2) is 76.4 Å². The largest absolute Gasteiger partial charge is 0.331 e. The van der Waals surface area contributed by atoms with E-state index in [2.05, 4.69) is 20.1 Å². The molecule has 1 N–H and O–H groups in total. The summed E-state index contributed by atoms with van der Waals surface area (Å²) < 4.78 is 4.51. The molecule has 4 aromatic rings. The molecule has 5 rings (SSSR count). The summed E-state index contributed by atoms with van der Waals surface area (Å²) in [6.07, 6.45) is 5.74. The number of amides is 1. The predicted octanol–water partition coefficient (Wildman–Crippen LogP) is 2.68. The maximum Gasteiger partial charge on any atom is 0.331 e. The summed E-state index contributed by atoms with van der Waals surface area (Å²) in [5, 5.41) is 11.5. The van der Waals surface area contributed by atoms with Crippen LogP contribution in [0.2, 0.25) is 0 Å². The van der Waals surface area contributed by atoms with E-state index in [0.717, 1.165) is 53.2 Å². The number of fused-ring (bicyclic) bond motifs is 1. The Balaban J connectivity index is 1.34. The lowest BCUT2D eigenvalue weighted by molar-refractivity contribution is -0.116. The topological polar surface area (TPSA) is 104 Å². The number of benzene rings is 2. The molecule has 9 nitrogen and oxygen atoms in total. The number of anilines is 1. The molecule has 0 bridgehead atoms. The third-order valence-corrected chi connectivity index (χ3v) is 6.15. The SMILES string of the molecule is O=C(Cn1c(=O)ccn(Cc2ccccc2)c1=O)Nc1cccc(-c2nnc3n2CCCCC3)c1. The number of rotatable bonds is 6. The second-order valence-electron chi connectivity index (χ2n) is 8.67. The monoisotopic (exact) mass is 470 g/mol. The van der Waals surface area contributed by atoms with Gasteiger partial charge in [-0.15, -0.1) is 10.2 Å². The maximum absolute atomic E-state index is 12.9. The van der Waals surface area contributed by atoms with E-state index in [0.29, 0.717) is 12.2 Å². The van der Waals surface area contributed by atoms with E-state index in [1.54, 1.807) is 6.07 Å². The van der Waals surface area contributed by atoms with Crippen LogP contribution in [0.25, 0.3) is 11.4 Å². The van der Waals surface area contributed by atoms with Crippen molar-refractivity contribution in [2.24, 2.45) is 0 Å². The van der Waals surface area contributed by atoms with Crippen molar-refractivity contribution in [2.75, 3.05) is 5.32 Å². The number of nitrogens with zero attached hydrogens (tertiary/aromatic N) is 5. The lowest BCUT2D eigenvalue weighted by Gasteiger charge is -2.11. The van der Waals surface area contributed by atoms with Gasteiger partial charge in [-0.25, -0.2) is 4.79 Å². The molecule has 0 fully saturated rings. The van der Waals surface area contributed by atoms with Crippen LogP contribution >= 0.6 is 0 Å². The minimum Gasteiger partial charge on any atom is -0.325 e. The fourth-order valence-corrected chi connectivity index (χ4v) is 4.38. The van der Waals surface area contributed by atoms with Gasteiger partial charge in [-0.2, -0.15) is 0 Å². The molecule has 2 aromatic heterocycles. The minimum atomic E-state index is -0.531. The van der Waals surface area contributed by atoms with Crippen LogP contribution in [0, 0.1) is 0 Å². The zero-order valence-electron chi connectivity index (χ0n) is 19.3. The van der Waals surface area contributed by atoms with Crippen molar-refractivity contribution >= 4 is 11.6 Å². The molecule has 0 atom stereocenters. The Bertz CT molecular complexity index is 1470. The number of nitrogens with one attached hydrogen (secondary N) is 1. The number of aromatic nitrogens is 5. The molecule has 0 radical (unpaired) electrons. The van der Waals surface area contributed by atoms with Crippen LogP contribution in [0.3, 0.4) is 0 Å². The second kappa shape index (κ2) is 9.92. The summed E-state index contributed by atoms with van der Waals surface area (Å²) in [5.74, 6) is 1.31. The van der Waals surface area contributed by atoms with Gasteiger partial charge in [0, 0.05) is 36.5 Å². The average Bonchev–Trinajstić information content (AvgIpc) is 3.12. The summed E-state index contributed by atoms with van der Waals surface area (Å²) in [6.45, 7) is 0.810. The molecular formula is C26H26N6O3. The van der Waals surface area contributed by atoms with E-state index < -0.39 is 17.2 Å². The van der Waals surface area contributed by atoms with Gasteiger partial charge in [0.15, 0.2) is 5.82 Å². The Morgan fingerprint density at radius 2 is 1.80 bits per heavy atom. The lowest BCUT2D eigenvalue weighted by Crippen LogP contribution is -2.41. The minimum absolute atomic E-state index is 0.312. The quantitative estimate of drug-likeness (QED) is 0.467. The highest BCUT2D eigenvalue weighted by atomic mass is 16.2. The van der Waals surface area contributed by atoms with Gasteiger partial charge in [0.05, 0.1) is 6.54 Å². The molecule has 35 heavy (non-hydrogen) atoms. The second-order valence-corrected chi connectivity index (χ2v) is 8.67. The van der Waals surface area contributed by atoms with Crippen LogP contribution in [-0.4, -0.2) is 29.8 Å². The van der Waals surface area contributed by atoms with Gasteiger partial charge in [0.2, 0.25) is 5.91 Å². The van der Waals surface area contributed by atoms with Crippen LogP contribution in [0.1, 0.15) is 30.7 Å². The van der Waals surface area contributed by atoms with Gasteiger partial charge in [0.1, 0.15) is 12.4 Å². The molecule has 3 heterocycles. The lowest BCUT2D eigenvalue weighted by atomic mass is 10.2. The highest BCUT2D eigenvalue weighted by Crippen LogP contribution is 2.24. The molecule has 0 spiro atoms. The van der Waals surface area contributed by atoms with Crippen molar-refractivity contribution in [3.8, 4) is 11.4 Å². The average molecular weight is 471 g/mol. The smallest absolute Gasteiger partial charge is 0.325 e. The Hall–Kier alpha value is -4.27. The molecule has 0 unspecified atom stereocenters. The number of hydrogen-bond acceptors (Lipinski definition) is 5. The van der Waals surface area contributed by atoms with E-state index in [1.165, 1.54) is 23.3 Å². The molecule has 178 valence electrons. The summed E-state index contributed by atoms with van der Waals surface area (Å²) >= 11 is 0. The Morgan fingerprint density at radius 1 is 0.943 bits per heavy atom. The molecule has 0 saturated heterocycles. The first-order valence-electron chi connectivity index (χ1n) is 11.7. The maximum atomic E-state index is 12.9. The highest BCUT2D eigenvalue weighted by molar-refractivity contribution is 5.91. The summed E-state index contributed by atoms with van der Waals surface area (Å²) in [5.41, 5.74) is 1.29. The van der Waals surface area contributed by atoms with Crippen LogP contribution in [0.5, 0.6) is 0 Å². The highest BCUT2D eigenvalue weighted by Gasteiger charge is 2.17. The van der Waals surface area contributed by atoms with Crippen molar-refractivity contribution in [1.82, 2.24) is 23.9 Å². The van der Waals surface area contributed by atoms with Crippen LogP contribution < -0.4 is 16.6 Å². The van der Waals surface area contributed by atoms with Crippen molar-refractivity contribution in [1.29, 1.82) is 0 Å². The third kappa shape index (κ3) is 4.98. The molecule has 1 aliphatic rings. The fraction of sp³-hybridized carbons (Fsp3) is 0.269. The fourth-order valence-electron chi connectivity index (χ4n) is 4.38. The Labute approximate surface area is 201 Å². The number of aryl methyl sites for hydroxylation is 1. The number of carbonyl (C=O) groups excluding carboxylic acids is 1. The van der Waals surface area contributed by atoms with Gasteiger partial charge in [-0.05, 0) is 30.5 Å². The predicted molar refractivity (Wildman–Crippen MR) is 132 cm³/mol. The van der Waals surface area contributed by atoms with Gasteiger partial charge in [0.25, 0.3) is 5.56 Å². The summed E-state index contributed by atoms with van der Waals surface area (Å²) in [4.78, 5) is 38.0. The van der Waals surface area contributed by atoms with Gasteiger partial charge in [-0.3, -0.25) is 18.7 Å². The van der Waals surface area contributed by atoms with Crippen molar-refractivity contribution < 1.29 is 4.79 Å². The zero-order chi connectivity index (χ0) is 24.2. The first-order chi connectivity index (χ1) is 17.1. The normalized spacial score (nSPS) is 13.1. The zero-order valence-corrected chi connectivity index (χ0v) is 19.3. The van der Waals surface area contributed by atoms with E-state index in [-0.39, 0.29) is 6.54 Å². The van der Waals surface area contributed by atoms with Crippen molar-refractivity contribution in [2.45, 2.75) is 45.3 Å². The van der Waals surface area contributed by atoms with E-state index in [1.807, 2.05) is 48.5 Å². The van der Waals surface area contributed by atoms with E-state index >= 15 is 0 Å². The molecular weight excluding hydrogens is 444 g/mol. The third-order valence-electron chi connectivity index (χ3n) is 6.15. The first-order valence-corrected chi connectivity index (χ1v) is 11.7. The number of hydrogen-bond donors (Lipinski definition) is 1. The summed E-state index contributed by atoms with van der Waals surface area (Å²) in [6, 6.07) is 18.1.